The largest absolute Gasteiger partial charge is 0.368 e. The zero-order valence-electron chi connectivity index (χ0n) is 8.76. The third kappa shape index (κ3) is 2.16. The third-order valence-electron chi connectivity index (χ3n) is 2.89. The molecule has 1 fully saturated rings. The topological polar surface area (TPSA) is 63.8 Å². The molecule has 0 amide bonds. The van der Waals surface area contributed by atoms with Gasteiger partial charge in [0.2, 0.25) is 5.95 Å². The van der Waals surface area contributed by atoms with Crippen molar-refractivity contribution in [2.45, 2.75) is 38.1 Å². The Morgan fingerprint density at radius 3 is 2.80 bits per heavy atom. The Morgan fingerprint density at radius 1 is 1.47 bits per heavy atom. The number of nitrogens with one attached hydrogen (secondary N) is 1. The number of halogens is 1. The van der Waals surface area contributed by atoms with Crippen molar-refractivity contribution in [2.24, 2.45) is 0 Å². The lowest BCUT2D eigenvalue weighted by Crippen LogP contribution is -2.32. The van der Waals surface area contributed by atoms with Gasteiger partial charge < -0.3 is 11.1 Å². The fraction of sp³-hybridized carbons (Fsp3) is 0.600. The number of nitrogens with zero attached hydrogens (tertiary/aromatic N) is 2. The Bertz CT molecular complexity index is 360. The van der Waals surface area contributed by atoms with Gasteiger partial charge in [0.1, 0.15) is 0 Å². The summed E-state index contributed by atoms with van der Waals surface area (Å²) in [5.41, 5.74) is 5.36. The summed E-state index contributed by atoms with van der Waals surface area (Å²) < 4.78 is 13.3. The van der Waals surface area contributed by atoms with Crippen molar-refractivity contribution in [3.63, 3.8) is 0 Å². The van der Waals surface area contributed by atoms with Crippen molar-refractivity contribution in [3.8, 4) is 0 Å². The number of nitrogens with two attached hydrogens (primary N) is 1. The number of hydrogen-bond acceptors (Lipinski definition) is 4. The Kier molecular flexibility index (Phi) is 2.46. The van der Waals surface area contributed by atoms with Gasteiger partial charge in [-0.05, 0) is 19.8 Å². The molecule has 0 aliphatic heterocycles. The maximum Gasteiger partial charge on any atom is 0.222 e. The van der Waals surface area contributed by atoms with Gasteiger partial charge in [0.15, 0.2) is 11.6 Å². The van der Waals surface area contributed by atoms with Crippen molar-refractivity contribution in [2.75, 3.05) is 11.1 Å². The van der Waals surface area contributed by atoms with E-state index in [0.717, 1.165) is 19.0 Å². The summed E-state index contributed by atoms with van der Waals surface area (Å²) in [6, 6.07) is 0. The van der Waals surface area contributed by atoms with E-state index in [-0.39, 0.29) is 17.3 Å². The van der Waals surface area contributed by atoms with Crippen LogP contribution in [0.15, 0.2) is 6.20 Å². The van der Waals surface area contributed by atoms with Crippen molar-refractivity contribution >= 4 is 11.8 Å². The molecule has 1 saturated carbocycles. The van der Waals surface area contributed by atoms with E-state index in [1.165, 1.54) is 12.8 Å². The van der Waals surface area contributed by atoms with Gasteiger partial charge in [-0.3, -0.25) is 0 Å². The lowest BCUT2D eigenvalue weighted by molar-refractivity contribution is 0.520. The molecular formula is C10H15FN4. The van der Waals surface area contributed by atoms with Gasteiger partial charge in [-0.15, -0.1) is 0 Å². The van der Waals surface area contributed by atoms with Gasteiger partial charge in [0.25, 0.3) is 0 Å². The minimum Gasteiger partial charge on any atom is -0.368 e. The first-order chi connectivity index (χ1) is 7.09. The fourth-order valence-electron chi connectivity index (χ4n) is 2.03. The first kappa shape index (κ1) is 10.1. The lowest BCUT2D eigenvalue weighted by atomic mass is 10.0. The Morgan fingerprint density at radius 2 is 2.13 bits per heavy atom. The molecule has 82 valence electrons. The van der Waals surface area contributed by atoms with Gasteiger partial charge >= 0.3 is 0 Å². The molecule has 1 aliphatic carbocycles. The van der Waals surface area contributed by atoms with E-state index in [9.17, 15) is 4.39 Å². The van der Waals surface area contributed by atoms with Crippen molar-refractivity contribution in [1.29, 1.82) is 0 Å². The number of rotatable bonds is 2. The predicted molar refractivity (Wildman–Crippen MR) is 56.9 cm³/mol. The SMILES string of the molecule is CC1(Nc2nc(N)ncc2F)CCCC1. The van der Waals surface area contributed by atoms with Crippen LogP contribution in [-0.4, -0.2) is 15.5 Å². The molecule has 0 aromatic carbocycles. The molecule has 1 aromatic heterocycles. The zero-order valence-corrected chi connectivity index (χ0v) is 8.76. The average molecular weight is 210 g/mol. The molecule has 15 heavy (non-hydrogen) atoms. The van der Waals surface area contributed by atoms with E-state index < -0.39 is 5.82 Å². The molecule has 0 bridgehead atoms. The highest BCUT2D eigenvalue weighted by Crippen LogP contribution is 2.32. The molecule has 0 spiro atoms. The molecule has 5 heteroatoms. The first-order valence-electron chi connectivity index (χ1n) is 5.15. The monoisotopic (exact) mass is 210 g/mol. The van der Waals surface area contributed by atoms with Gasteiger partial charge in [-0.2, -0.15) is 4.98 Å². The molecule has 3 N–H and O–H groups in total. The van der Waals surface area contributed by atoms with Crippen LogP contribution in [0.5, 0.6) is 0 Å². The minimum atomic E-state index is -0.447. The second kappa shape index (κ2) is 3.64. The van der Waals surface area contributed by atoms with Gasteiger partial charge in [0.05, 0.1) is 6.20 Å². The molecule has 1 aliphatic rings. The standard InChI is InChI=1S/C10H15FN4/c1-10(4-2-3-5-10)15-8-7(11)6-13-9(12)14-8/h6H,2-5H2,1H3,(H3,12,13,14,15). The highest BCUT2D eigenvalue weighted by molar-refractivity contribution is 5.41. The van der Waals surface area contributed by atoms with Crippen LogP contribution in [-0.2, 0) is 0 Å². The van der Waals surface area contributed by atoms with Crippen LogP contribution < -0.4 is 11.1 Å². The maximum absolute atomic E-state index is 13.3. The maximum atomic E-state index is 13.3. The predicted octanol–water partition coefficient (Wildman–Crippen LogP) is 1.94. The molecule has 0 unspecified atom stereocenters. The second-order valence-corrected chi connectivity index (χ2v) is 4.32. The smallest absolute Gasteiger partial charge is 0.222 e. The van der Waals surface area contributed by atoms with Crippen LogP contribution >= 0.6 is 0 Å². The summed E-state index contributed by atoms with van der Waals surface area (Å²) in [7, 11) is 0. The molecule has 0 saturated heterocycles. The molecular weight excluding hydrogens is 195 g/mol. The summed E-state index contributed by atoms with van der Waals surface area (Å²) >= 11 is 0. The number of nitrogen functional groups attached to an aromatic ring is 1. The highest BCUT2D eigenvalue weighted by atomic mass is 19.1. The molecule has 2 rings (SSSR count). The van der Waals surface area contributed by atoms with E-state index in [0.29, 0.717) is 0 Å². The van der Waals surface area contributed by atoms with Gasteiger partial charge in [-0.1, -0.05) is 12.8 Å². The normalized spacial score (nSPS) is 19.1. The van der Waals surface area contributed by atoms with E-state index in [4.69, 9.17) is 5.73 Å². The van der Waals surface area contributed by atoms with Crippen LogP contribution in [0, 0.1) is 5.82 Å². The van der Waals surface area contributed by atoms with Crippen LogP contribution in [0.1, 0.15) is 32.6 Å². The summed E-state index contributed by atoms with van der Waals surface area (Å²) in [5, 5.41) is 3.12. The summed E-state index contributed by atoms with van der Waals surface area (Å²) in [4.78, 5) is 7.45. The van der Waals surface area contributed by atoms with Crippen LogP contribution in [0.4, 0.5) is 16.2 Å². The summed E-state index contributed by atoms with van der Waals surface area (Å²) in [6.45, 7) is 2.08. The van der Waals surface area contributed by atoms with Crippen LogP contribution in [0.3, 0.4) is 0 Å². The van der Waals surface area contributed by atoms with Gasteiger partial charge in [0, 0.05) is 5.54 Å². The first-order valence-corrected chi connectivity index (χ1v) is 5.15. The zero-order chi connectivity index (χ0) is 10.9. The van der Waals surface area contributed by atoms with Crippen molar-refractivity contribution in [1.82, 2.24) is 9.97 Å². The van der Waals surface area contributed by atoms with Crippen molar-refractivity contribution < 1.29 is 4.39 Å². The Labute approximate surface area is 88.1 Å². The van der Waals surface area contributed by atoms with E-state index in [2.05, 4.69) is 22.2 Å². The number of anilines is 2. The van der Waals surface area contributed by atoms with E-state index in [1.807, 2.05) is 0 Å². The van der Waals surface area contributed by atoms with Crippen LogP contribution in [0.2, 0.25) is 0 Å². The lowest BCUT2D eigenvalue weighted by Gasteiger charge is -2.26. The van der Waals surface area contributed by atoms with E-state index >= 15 is 0 Å². The van der Waals surface area contributed by atoms with E-state index in [1.54, 1.807) is 0 Å². The molecule has 1 heterocycles. The van der Waals surface area contributed by atoms with Crippen molar-refractivity contribution in [3.05, 3.63) is 12.0 Å². The molecule has 0 atom stereocenters. The summed E-state index contributed by atoms with van der Waals surface area (Å²) in [5.74, 6) is -0.135. The average Bonchev–Trinajstić information content (AvgIpc) is 2.59. The second-order valence-electron chi connectivity index (χ2n) is 4.32. The van der Waals surface area contributed by atoms with Gasteiger partial charge in [-0.25, -0.2) is 9.37 Å². The van der Waals surface area contributed by atoms with Crippen LogP contribution in [0.25, 0.3) is 0 Å². The quantitative estimate of drug-likeness (QED) is 0.783. The highest BCUT2D eigenvalue weighted by Gasteiger charge is 2.29. The molecule has 0 radical (unpaired) electrons. The minimum absolute atomic E-state index is 0.0539. The Balaban J connectivity index is 2.19. The number of hydrogen-bond donors (Lipinski definition) is 2. The molecule has 1 aromatic rings. The summed E-state index contributed by atoms with van der Waals surface area (Å²) in [6.07, 6.45) is 5.52. The Hall–Kier alpha value is -1.39. The fourth-order valence-corrected chi connectivity index (χ4v) is 2.03. The number of aromatic nitrogens is 2. The third-order valence-corrected chi connectivity index (χ3v) is 2.89. The molecule has 4 nitrogen and oxygen atoms in total.